The molecule has 0 saturated carbocycles. The van der Waals surface area contributed by atoms with E-state index in [1.165, 1.54) is 0 Å². The molecule has 0 bridgehead atoms. The van der Waals surface area contributed by atoms with Crippen molar-refractivity contribution in [3.63, 3.8) is 0 Å². The summed E-state index contributed by atoms with van der Waals surface area (Å²) in [4.78, 5) is 10.3. The molecule has 0 aliphatic heterocycles. The number of hydrogen-bond acceptors (Lipinski definition) is 2. The predicted octanol–water partition coefficient (Wildman–Crippen LogP) is 1.25. The summed E-state index contributed by atoms with van der Waals surface area (Å²) in [5, 5.41) is 19.6. The number of benzene rings is 1. The van der Waals surface area contributed by atoms with Gasteiger partial charge in [-0.3, -0.25) is 0 Å². The molecule has 0 aliphatic carbocycles. The SMILES string of the molecule is Cc1cc(CO)ccc1CNC(=O)O. The molecule has 0 aromatic heterocycles. The second kappa shape index (κ2) is 4.62. The van der Waals surface area contributed by atoms with E-state index in [0.717, 1.165) is 16.7 Å². The van der Waals surface area contributed by atoms with Crippen LogP contribution in [0.3, 0.4) is 0 Å². The second-order valence-corrected chi connectivity index (χ2v) is 3.08. The maximum atomic E-state index is 10.3. The normalized spacial score (nSPS) is 9.86. The number of amides is 1. The number of aryl methyl sites for hydroxylation is 1. The zero-order chi connectivity index (χ0) is 10.6. The van der Waals surface area contributed by atoms with Crippen molar-refractivity contribution in [3.8, 4) is 0 Å². The monoisotopic (exact) mass is 195 g/mol. The van der Waals surface area contributed by atoms with Crippen molar-refractivity contribution in [2.75, 3.05) is 0 Å². The van der Waals surface area contributed by atoms with Crippen LogP contribution in [-0.4, -0.2) is 16.3 Å². The lowest BCUT2D eigenvalue weighted by molar-refractivity contribution is 0.194. The van der Waals surface area contributed by atoms with Crippen LogP contribution in [0.5, 0.6) is 0 Å². The van der Waals surface area contributed by atoms with Gasteiger partial charge in [0.15, 0.2) is 0 Å². The van der Waals surface area contributed by atoms with Crippen LogP contribution in [0.4, 0.5) is 4.79 Å². The number of carboxylic acid groups (broad SMARTS) is 1. The average Bonchev–Trinajstić information content (AvgIpc) is 2.15. The molecule has 0 atom stereocenters. The van der Waals surface area contributed by atoms with E-state index in [1.54, 1.807) is 6.07 Å². The third-order valence-corrected chi connectivity index (χ3v) is 2.02. The van der Waals surface area contributed by atoms with Crippen molar-refractivity contribution in [1.29, 1.82) is 0 Å². The highest BCUT2D eigenvalue weighted by Crippen LogP contribution is 2.10. The Morgan fingerprint density at radius 1 is 1.50 bits per heavy atom. The van der Waals surface area contributed by atoms with Gasteiger partial charge in [0.1, 0.15) is 0 Å². The fourth-order valence-corrected chi connectivity index (χ4v) is 1.23. The van der Waals surface area contributed by atoms with E-state index >= 15 is 0 Å². The van der Waals surface area contributed by atoms with E-state index in [2.05, 4.69) is 5.32 Å². The fraction of sp³-hybridized carbons (Fsp3) is 0.300. The molecule has 1 rings (SSSR count). The van der Waals surface area contributed by atoms with E-state index in [0.29, 0.717) is 6.54 Å². The highest BCUT2D eigenvalue weighted by atomic mass is 16.4. The summed E-state index contributed by atoms with van der Waals surface area (Å²) in [6, 6.07) is 5.45. The van der Waals surface area contributed by atoms with Gasteiger partial charge in [0.2, 0.25) is 0 Å². The molecule has 0 aliphatic rings. The lowest BCUT2D eigenvalue weighted by Crippen LogP contribution is -2.20. The summed E-state index contributed by atoms with van der Waals surface area (Å²) >= 11 is 0. The number of hydrogen-bond donors (Lipinski definition) is 3. The summed E-state index contributed by atoms with van der Waals surface area (Å²) in [6.45, 7) is 2.19. The Balaban J connectivity index is 2.73. The summed E-state index contributed by atoms with van der Waals surface area (Å²) < 4.78 is 0. The molecule has 1 aromatic rings. The van der Waals surface area contributed by atoms with Crippen LogP contribution in [0.2, 0.25) is 0 Å². The van der Waals surface area contributed by atoms with E-state index in [4.69, 9.17) is 10.2 Å². The molecule has 0 unspecified atom stereocenters. The fourth-order valence-electron chi connectivity index (χ4n) is 1.23. The van der Waals surface area contributed by atoms with E-state index in [-0.39, 0.29) is 6.61 Å². The van der Waals surface area contributed by atoms with Crippen LogP contribution >= 0.6 is 0 Å². The maximum Gasteiger partial charge on any atom is 0.404 e. The number of carbonyl (C=O) groups is 1. The van der Waals surface area contributed by atoms with Crippen LogP contribution in [0.25, 0.3) is 0 Å². The molecular formula is C10H13NO3. The number of aliphatic hydroxyl groups is 1. The Hall–Kier alpha value is -1.55. The molecule has 0 saturated heterocycles. The van der Waals surface area contributed by atoms with Gasteiger partial charge in [-0.2, -0.15) is 0 Å². The molecule has 14 heavy (non-hydrogen) atoms. The molecule has 0 radical (unpaired) electrons. The third kappa shape index (κ3) is 2.74. The Morgan fingerprint density at radius 3 is 2.71 bits per heavy atom. The first-order valence-corrected chi connectivity index (χ1v) is 4.29. The Kier molecular flexibility index (Phi) is 3.48. The van der Waals surface area contributed by atoms with Crippen LogP contribution in [-0.2, 0) is 13.2 Å². The molecule has 1 aromatic carbocycles. The minimum atomic E-state index is -1.03. The van der Waals surface area contributed by atoms with Crippen molar-refractivity contribution in [3.05, 3.63) is 34.9 Å². The number of aliphatic hydroxyl groups excluding tert-OH is 1. The topological polar surface area (TPSA) is 69.6 Å². The Morgan fingerprint density at radius 2 is 2.21 bits per heavy atom. The molecule has 0 fully saturated rings. The maximum absolute atomic E-state index is 10.3. The third-order valence-electron chi connectivity index (χ3n) is 2.02. The molecule has 3 N–H and O–H groups in total. The highest BCUT2D eigenvalue weighted by molar-refractivity contribution is 5.64. The van der Waals surface area contributed by atoms with Gasteiger partial charge < -0.3 is 15.5 Å². The minimum absolute atomic E-state index is 0.00742. The first kappa shape index (κ1) is 10.5. The van der Waals surface area contributed by atoms with Gasteiger partial charge in [-0.05, 0) is 23.6 Å². The van der Waals surface area contributed by atoms with Crippen molar-refractivity contribution in [2.24, 2.45) is 0 Å². The van der Waals surface area contributed by atoms with Gasteiger partial charge in [-0.1, -0.05) is 18.2 Å². The van der Waals surface area contributed by atoms with Gasteiger partial charge in [0.25, 0.3) is 0 Å². The van der Waals surface area contributed by atoms with Crippen LogP contribution in [0.1, 0.15) is 16.7 Å². The summed E-state index contributed by atoms with van der Waals surface area (Å²) in [6.07, 6.45) is -1.03. The van der Waals surface area contributed by atoms with E-state index in [9.17, 15) is 4.79 Å². The largest absolute Gasteiger partial charge is 0.465 e. The van der Waals surface area contributed by atoms with Crippen molar-refractivity contribution in [1.82, 2.24) is 5.32 Å². The van der Waals surface area contributed by atoms with Crippen LogP contribution < -0.4 is 5.32 Å². The quantitative estimate of drug-likeness (QED) is 0.680. The summed E-state index contributed by atoms with van der Waals surface area (Å²) in [7, 11) is 0. The van der Waals surface area contributed by atoms with Crippen LogP contribution in [0.15, 0.2) is 18.2 Å². The first-order chi connectivity index (χ1) is 6.63. The predicted molar refractivity (Wildman–Crippen MR) is 52.0 cm³/mol. The lowest BCUT2D eigenvalue weighted by Gasteiger charge is -2.06. The smallest absolute Gasteiger partial charge is 0.404 e. The Labute approximate surface area is 82.2 Å². The molecule has 1 amide bonds. The zero-order valence-electron chi connectivity index (χ0n) is 7.95. The van der Waals surface area contributed by atoms with Gasteiger partial charge in [-0.25, -0.2) is 4.79 Å². The molecule has 76 valence electrons. The minimum Gasteiger partial charge on any atom is -0.465 e. The number of rotatable bonds is 3. The van der Waals surface area contributed by atoms with Crippen molar-refractivity contribution < 1.29 is 15.0 Å². The van der Waals surface area contributed by atoms with Gasteiger partial charge in [0, 0.05) is 6.54 Å². The molecule has 0 heterocycles. The van der Waals surface area contributed by atoms with Crippen molar-refractivity contribution >= 4 is 6.09 Å². The van der Waals surface area contributed by atoms with Gasteiger partial charge in [0.05, 0.1) is 6.61 Å². The first-order valence-electron chi connectivity index (χ1n) is 4.29. The summed E-state index contributed by atoms with van der Waals surface area (Å²) in [5.41, 5.74) is 2.73. The van der Waals surface area contributed by atoms with Gasteiger partial charge >= 0.3 is 6.09 Å². The molecule has 0 spiro atoms. The Bertz CT molecular complexity index is 336. The lowest BCUT2D eigenvalue weighted by atomic mass is 10.1. The van der Waals surface area contributed by atoms with E-state index in [1.807, 2.05) is 19.1 Å². The number of nitrogens with one attached hydrogen (secondary N) is 1. The average molecular weight is 195 g/mol. The highest BCUT2D eigenvalue weighted by Gasteiger charge is 2.01. The molecule has 4 nitrogen and oxygen atoms in total. The zero-order valence-corrected chi connectivity index (χ0v) is 7.95. The van der Waals surface area contributed by atoms with Crippen LogP contribution in [0, 0.1) is 6.92 Å². The van der Waals surface area contributed by atoms with E-state index < -0.39 is 6.09 Å². The summed E-state index contributed by atoms with van der Waals surface area (Å²) in [5.74, 6) is 0. The molecular weight excluding hydrogens is 182 g/mol. The molecule has 4 heteroatoms. The van der Waals surface area contributed by atoms with Gasteiger partial charge in [-0.15, -0.1) is 0 Å². The second-order valence-electron chi connectivity index (χ2n) is 3.08. The van der Waals surface area contributed by atoms with Crippen molar-refractivity contribution in [2.45, 2.75) is 20.1 Å². The standard InChI is InChI=1S/C10H13NO3/c1-7-4-8(6-12)2-3-9(7)5-11-10(13)14/h2-4,11-12H,5-6H2,1H3,(H,13,14).